The van der Waals surface area contributed by atoms with E-state index >= 15 is 0 Å². The molecule has 0 spiro atoms. The van der Waals surface area contributed by atoms with E-state index in [9.17, 15) is 9.90 Å². The Bertz CT molecular complexity index is 459. The molecule has 2 aliphatic rings. The molecule has 1 aliphatic heterocycles. The van der Waals surface area contributed by atoms with Gasteiger partial charge < -0.3 is 20.5 Å². The Labute approximate surface area is 128 Å². The fraction of sp³-hybridized carbons (Fsp3) is 0.667. The van der Waals surface area contributed by atoms with Crippen LogP contribution in [0.4, 0.5) is 0 Å². The highest BCUT2D eigenvalue weighted by molar-refractivity contribution is 7.12. The van der Waals surface area contributed by atoms with Crippen LogP contribution in [-0.2, 0) is 4.74 Å². The first-order valence-corrected chi connectivity index (χ1v) is 8.49. The summed E-state index contributed by atoms with van der Waals surface area (Å²) < 4.78 is 5.63. The number of carbonyl (C=O) groups is 1. The SMILES string of the molecule is O=C(NCC1OCC(NC2CCCC2)C1O)c1cccs1. The second-order valence-electron chi connectivity index (χ2n) is 5.80. The number of amides is 1. The molecule has 1 aliphatic carbocycles. The lowest BCUT2D eigenvalue weighted by Gasteiger charge is -2.22. The van der Waals surface area contributed by atoms with Crippen molar-refractivity contribution in [3.63, 3.8) is 0 Å². The number of nitrogens with one attached hydrogen (secondary N) is 2. The number of hydrogen-bond donors (Lipinski definition) is 3. The Hall–Kier alpha value is -0.950. The number of aliphatic hydroxyl groups is 1. The molecule has 1 saturated heterocycles. The van der Waals surface area contributed by atoms with E-state index in [1.165, 1.54) is 37.0 Å². The van der Waals surface area contributed by atoms with Crippen molar-refractivity contribution in [3.8, 4) is 0 Å². The quantitative estimate of drug-likeness (QED) is 0.763. The molecule has 1 aromatic rings. The summed E-state index contributed by atoms with van der Waals surface area (Å²) in [4.78, 5) is 12.6. The van der Waals surface area contributed by atoms with Crippen molar-refractivity contribution < 1.29 is 14.6 Å². The smallest absolute Gasteiger partial charge is 0.261 e. The zero-order valence-electron chi connectivity index (χ0n) is 12.0. The van der Waals surface area contributed by atoms with Gasteiger partial charge in [0.25, 0.3) is 5.91 Å². The summed E-state index contributed by atoms with van der Waals surface area (Å²) >= 11 is 1.41. The van der Waals surface area contributed by atoms with Gasteiger partial charge in [-0.25, -0.2) is 0 Å². The van der Waals surface area contributed by atoms with Gasteiger partial charge in [0.2, 0.25) is 0 Å². The molecule has 2 fully saturated rings. The zero-order valence-corrected chi connectivity index (χ0v) is 12.8. The lowest BCUT2D eigenvalue weighted by Crippen LogP contribution is -2.47. The van der Waals surface area contributed by atoms with E-state index in [0.29, 0.717) is 24.1 Å². The molecule has 1 amide bonds. The lowest BCUT2D eigenvalue weighted by atomic mass is 10.1. The number of rotatable bonds is 5. The number of aliphatic hydroxyl groups excluding tert-OH is 1. The minimum absolute atomic E-state index is 0.0169. The van der Waals surface area contributed by atoms with Crippen molar-refractivity contribution in [2.24, 2.45) is 0 Å². The third kappa shape index (κ3) is 3.63. The van der Waals surface area contributed by atoms with Crippen LogP contribution in [0.5, 0.6) is 0 Å². The van der Waals surface area contributed by atoms with Crippen LogP contribution in [0.25, 0.3) is 0 Å². The van der Waals surface area contributed by atoms with E-state index in [1.807, 2.05) is 11.4 Å². The Balaban J connectivity index is 1.45. The molecule has 1 saturated carbocycles. The number of hydrogen-bond acceptors (Lipinski definition) is 5. The third-order valence-corrected chi connectivity index (χ3v) is 5.17. The van der Waals surface area contributed by atoms with Crippen LogP contribution in [-0.4, -0.2) is 48.5 Å². The fourth-order valence-electron chi connectivity index (χ4n) is 3.09. The predicted octanol–water partition coefficient (Wildman–Crippen LogP) is 1.14. The van der Waals surface area contributed by atoms with Crippen LogP contribution in [0.2, 0.25) is 0 Å². The highest BCUT2D eigenvalue weighted by Crippen LogP contribution is 2.21. The van der Waals surface area contributed by atoms with Crippen LogP contribution < -0.4 is 10.6 Å². The van der Waals surface area contributed by atoms with Gasteiger partial charge in [-0.2, -0.15) is 0 Å². The van der Waals surface area contributed by atoms with Crippen molar-refractivity contribution in [1.29, 1.82) is 0 Å². The summed E-state index contributed by atoms with van der Waals surface area (Å²) in [6.07, 6.45) is 4.01. The van der Waals surface area contributed by atoms with Crippen LogP contribution in [0, 0.1) is 0 Å². The van der Waals surface area contributed by atoms with Gasteiger partial charge in [0, 0.05) is 12.6 Å². The van der Waals surface area contributed by atoms with E-state index < -0.39 is 6.10 Å². The maximum absolute atomic E-state index is 11.9. The fourth-order valence-corrected chi connectivity index (χ4v) is 3.73. The third-order valence-electron chi connectivity index (χ3n) is 4.30. The second-order valence-corrected chi connectivity index (χ2v) is 6.75. The van der Waals surface area contributed by atoms with Crippen molar-refractivity contribution >= 4 is 17.2 Å². The molecule has 0 radical (unpaired) electrons. The average molecular weight is 310 g/mol. The first-order valence-electron chi connectivity index (χ1n) is 7.61. The summed E-state index contributed by atoms with van der Waals surface area (Å²) in [5.41, 5.74) is 0. The van der Waals surface area contributed by atoms with E-state index in [1.54, 1.807) is 6.07 Å². The molecule has 3 rings (SSSR count). The predicted molar refractivity (Wildman–Crippen MR) is 81.6 cm³/mol. The largest absolute Gasteiger partial charge is 0.389 e. The second kappa shape index (κ2) is 6.87. The van der Waals surface area contributed by atoms with E-state index in [-0.39, 0.29) is 18.1 Å². The number of ether oxygens (including phenoxy) is 1. The van der Waals surface area contributed by atoms with Crippen molar-refractivity contribution in [3.05, 3.63) is 22.4 Å². The van der Waals surface area contributed by atoms with Gasteiger partial charge in [0.05, 0.1) is 23.6 Å². The molecule has 116 valence electrons. The Morgan fingerprint density at radius 1 is 1.43 bits per heavy atom. The highest BCUT2D eigenvalue weighted by Gasteiger charge is 2.37. The summed E-state index contributed by atoms with van der Waals surface area (Å²) in [5.74, 6) is -0.104. The maximum atomic E-state index is 11.9. The Morgan fingerprint density at radius 2 is 2.24 bits per heavy atom. The monoisotopic (exact) mass is 310 g/mol. The molecule has 6 heteroatoms. The van der Waals surface area contributed by atoms with Crippen LogP contribution in [0.3, 0.4) is 0 Å². The normalized spacial score (nSPS) is 29.9. The van der Waals surface area contributed by atoms with Crippen molar-refractivity contribution in [2.45, 2.75) is 50.0 Å². The molecule has 3 N–H and O–H groups in total. The van der Waals surface area contributed by atoms with Crippen molar-refractivity contribution in [2.75, 3.05) is 13.2 Å². The van der Waals surface area contributed by atoms with Gasteiger partial charge >= 0.3 is 0 Å². The van der Waals surface area contributed by atoms with Crippen LogP contribution >= 0.6 is 11.3 Å². The summed E-state index contributed by atoms with van der Waals surface area (Å²) in [7, 11) is 0. The molecule has 1 aromatic heterocycles. The summed E-state index contributed by atoms with van der Waals surface area (Å²) in [6, 6.07) is 4.13. The average Bonchev–Trinajstić information content (AvgIpc) is 3.21. The molecule has 3 atom stereocenters. The molecule has 21 heavy (non-hydrogen) atoms. The number of carbonyl (C=O) groups excluding carboxylic acids is 1. The van der Waals surface area contributed by atoms with Gasteiger partial charge in [0.15, 0.2) is 0 Å². The highest BCUT2D eigenvalue weighted by atomic mass is 32.1. The van der Waals surface area contributed by atoms with Gasteiger partial charge in [-0.05, 0) is 24.3 Å². The Morgan fingerprint density at radius 3 is 2.95 bits per heavy atom. The molecular weight excluding hydrogens is 288 g/mol. The van der Waals surface area contributed by atoms with Crippen LogP contribution in [0.1, 0.15) is 35.4 Å². The maximum Gasteiger partial charge on any atom is 0.261 e. The molecule has 0 bridgehead atoms. The van der Waals surface area contributed by atoms with Gasteiger partial charge in [-0.3, -0.25) is 4.79 Å². The van der Waals surface area contributed by atoms with E-state index in [2.05, 4.69) is 10.6 Å². The lowest BCUT2D eigenvalue weighted by molar-refractivity contribution is 0.0396. The molecule has 5 nitrogen and oxygen atoms in total. The molecule has 3 unspecified atom stereocenters. The first-order chi connectivity index (χ1) is 10.2. The summed E-state index contributed by atoms with van der Waals surface area (Å²) in [5, 5.41) is 18.5. The molecule has 0 aromatic carbocycles. The van der Waals surface area contributed by atoms with Crippen LogP contribution in [0.15, 0.2) is 17.5 Å². The summed E-state index contributed by atoms with van der Waals surface area (Å²) in [6.45, 7) is 0.859. The van der Waals surface area contributed by atoms with Gasteiger partial charge in [-0.1, -0.05) is 18.9 Å². The number of thiophene rings is 1. The zero-order chi connectivity index (χ0) is 14.7. The first kappa shape index (κ1) is 15.0. The standard InChI is InChI=1S/C15H22N2O3S/c18-14-11(17-10-4-1-2-5-10)9-20-12(14)8-16-15(19)13-6-3-7-21-13/h3,6-7,10-12,14,17-18H,1-2,4-5,8-9H2,(H,16,19). The minimum atomic E-state index is -0.561. The molecular formula is C15H22N2O3S. The van der Waals surface area contributed by atoms with Gasteiger partial charge in [0.1, 0.15) is 6.10 Å². The topological polar surface area (TPSA) is 70.6 Å². The molecule has 2 heterocycles. The van der Waals surface area contributed by atoms with Gasteiger partial charge in [-0.15, -0.1) is 11.3 Å². The minimum Gasteiger partial charge on any atom is -0.389 e. The van der Waals surface area contributed by atoms with Crippen molar-refractivity contribution in [1.82, 2.24) is 10.6 Å². The Kier molecular flexibility index (Phi) is 4.90. The van der Waals surface area contributed by atoms with E-state index in [0.717, 1.165) is 0 Å². The van der Waals surface area contributed by atoms with E-state index in [4.69, 9.17) is 4.74 Å².